The Morgan fingerprint density at radius 3 is 2.67 bits per heavy atom. The van der Waals surface area contributed by atoms with Crippen LogP contribution < -0.4 is 10.1 Å². The second kappa shape index (κ2) is 7.40. The number of pyridine rings is 1. The molecule has 4 rings (SSSR count). The summed E-state index contributed by atoms with van der Waals surface area (Å²) in [7, 11) is 1.97. The maximum absolute atomic E-state index is 6.21. The van der Waals surface area contributed by atoms with Crippen molar-refractivity contribution >= 4 is 17.3 Å². The third-order valence-corrected chi connectivity index (χ3v) is 5.11. The number of thiocarbonyl (C=S) groups is 1. The molecule has 0 bridgehead atoms. The summed E-state index contributed by atoms with van der Waals surface area (Å²) >= 11 is 5.47. The maximum Gasteiger partial charge on any atom is 0.170 e. The average Bonchev–Trinajstić information content (AvgIpc) is 3.29. The number of hydrogen-bond donors (Lipinski definition) is 1. The lowest BCUT2D eigenvalue weighted by molar-refractivity contribution is 0.310. The molecule has 1 saturated heterocycles. The zero-order chi connectivity index (χ0) is 18.8. The highest BCUT2D eigenvalue weighted by molar-refractivity contribution is 7.80. The molecule has 0 radical (unpaired) electrons. The van der Waals surface area contributed by atoms with E-state index in [2.05, 4.69) is 10.3 Å². The molecule has 0 saturated carbocycles. The molecule has 1 aliphatic rings. The van der Waals surface area contributed by atoms with Gasteiger partial charge in [-0.05, 0) is 67.7 Å². The van der Waals surface area contributed by atoms with Gasteiger partial charge in [-0.3, -0.25) is 4.98 Å². The number of rotatable bonds is 5. The number of hydrogen-bond acceptors (Lipinski definition) is 4. The van der Waals surface area contributed by atoms with E-state index in [-0.39, 0.29) is 12.1 Å². The van der Waals surface area contributed by atoms with Crippen molar-refractivity contribution in [2.24, 2.45) is 0 Å². The Balaban J connectivity index is 1.63. The Hall–Kier alpha value is -2.86. The molecule has 6 heteroatoms. The molecule has 3 heterocycles. The molecule has 5 nitrogen and oxygen atoms in total. The standard InChI is InChI=1S/C21H21N3O2S/c1-3-25-15-9-7-14(8-10-15)17-11-12-18(26-17)20-19(23-21(27)24(20)2)16-6-4-5-13-22-16/h4-13,19-20H,3H2,1-2H3,(H,23,27)/t19-,20+/m1/s1. The van der Waals surface area contributed by atoms with Crippen LogP contribution in [0.25, 0.3) is 11.3 Å². The normalized spacial score (nSPS) is 19.2. The van der Waals surface area contributed by atoms with Gasteiger partial charge in [-0.1, -0.05) is 6.07 Å². The third-order valence-electron chi connectivity index (χ3n) is 4.71. The lowest BCUT2D eigenvalue weighted by Gasteiger charge is -2.21. The van der Waals surface area contributed by atoms with Gasteiger partial charge in [-0.15, -0.1) is 0 Å². The number of nitrogens with zero attached hydrogens (tertiary/aromatic N) is 2. The first kappa shape index (κ1) is 17.5. The van der Waals surface area contributed by atoms with Gasteiger partial charge in [0.05, 0.1) is 18.3 Å². The SMILES string of the molecule is CCOc1ccc(-c2ccc([C@H]3[C@@H](c4ccccn4)NC(=S)N3C)o2)cc1. The average molecular weight is 379 g/mol. The molecule has 2 aromatic heterocycles. The van der Waals surface area contributed by atoms with Gasteiger partial charge in [0.25, 0.3) is 0 Å². The lowest BCUT2D eigenvalue weighted by Crippen LogP contribution is -2.24. The summed E-state index contributed by atoms with van der Waals surface area (Å²) in [5, 5.41) is 4.05. The van der Waals surface area contributed by atoms with Gasteiger partial charge in [0.2, 0.25) is 0 Å². The van der Waals surface area contributed by atoms with Gasteiger partial charge in [-0.25, -0.2) is 0 Å². The van der Waals surface area contributed by atoms with Crippen LogP contribution >= 0.6 is 12.2 Å². The summed E-state index contributed by atoms with van der Waals surface area (Å²) < 4.78 is 11.7. The number of furan rings is 1. The van der Waals surface area contributed by atoms with Crippen LogP contribution in [0.4, 0.5) is 0 Å². The molecule has 1 N–H and O–H groups in total. The molecule has 2 atom stereocenters. The van der Waals surface area contributed by atoms with E-state index >= 15 is 0 Å². The Morgan fingerprint density at radius 2 is 1.96 bits per heavy atom. The minimum absolute atomic E-state index is 0.0520. The molecule has 27 heavy (non-hydrogen) atoms. The van der Waals surface area contributed by atoms with Gasteiger partial charge in [0.15, 0.2) is 5.11 Å². The smallest absolute Gasteiger partial charge is 0.170 e. The molecule has 1 aromatic carbocycles. The highest BCUT2D eigenvalue weighted by Crippen LogP contribution is 2.39. The van der Waals surface area contributed by atoms with Crippen molar-refractivity contribution in [1.82, 2.24) is 15.2 Å². The summed E-state index contributed by atoms with van der Waals surface area (Å²) in [6.07, 6.45) is 1.79. The third kappa shape index (κ3) is 3.40. The molecule has 0 aliphatic carbocycles. The number of nitrogens with one attached hydrogen (secondary N) is 1. The number of benzene rings is 1. The van der Waals surface area contributed by atoms with Crippen molar-refractivity contribution in [3.8, 4) is 17.1 Å². The predicted octanol–water partition coefficient (Wildman–Crippen LogP) is 4.34. The molecule has 0 spiro atoms. The van der Waals surface area contributed by atoms with Crippen molar-refractivity contribution in [1.29, 1.82) is 0 Å². The van der Waals surface area contributed by atoms with Crippen LogP contribution in [0.3, 0.4) is 0 Å². The fraction of sp³-hybridized carbons (Fsp3) is 0.238. The van der Waals surface area contributed by atoms with Crippen molar-refractivity contribution < 1.29 is 9.15 Å². The molecule has 1 fully saturated rings. The van der Waals surface area contributed by atoms with Gasteiger partial charge in [0, 0.05) is 18.8 Å². The Bertz CT molecular complexity index is 924. The number of aromatic nitrogens is 1. The van der Waals surface area contributed by atoms with E-state index in [0.717, 1.165) is 28.5 Å². The summed E-state index contributed by atoms with van der Waals surface area (Å²) in [6.45, 7) is 2.63. The van der Waals surface area contributed by atoms with Crippen LogP contribution in [0, 0.1) is 0 Å². The summed E-state index contributed by atoms with van der Waals surface area (Å²) in [5.41, 5.74) is 1.95. The van der Waals surface area contributed by atoms with Gasteiger partial charge in [0.1, 0.15) is 23.3 Å². The first-order valence-electron chi connectivity index (χ1n) is 8.94. The van der Waals surface area contributed by atoms with Gasteiger partial charge < -0.3 is 19.4 Å². The second-order valence-corrected chi connectivity index (χ2v) is 6.78. The molecule has 138 valence electrons. The predicted molar refractivity (Wildman–Crippen MR) is 109 cm³/mol. The lowest BCUT2D eigenvalue weighted by atomic mass is 10.0. The van der Waals surface area contributed by atoms with E-state index in [4.69, 9.17) is 21.4 Å². The van der Waals surface area contributed by atoms with E-state index in [0.29, 0.717) is 11.7 Å². The molecular formula is C21H21N3O2S. The maximum atomic E-state index is 6.21. The number of ether oxygens (including phenoxy) is 1. The van der Waals surface area contributed by atoms with Crippen molar-refractivity contribution in [3.63, 3.8) is 0 Å². The second-order valence-electron chi connectivity index (χ2n) is 6.40. The van der Waals surface area contributed by atoms with Gasteiger partial charge >= 0.3 is 0 Å². The van der Waals surface area contributed by atoms with E-state index in [1.54, 1.807) is 6.20 Å². The van der Waals surface area contributed by atoms with E-state index in [1.165, 1.54) is 0 Å². The van der Waals surface area contributed by atoms with E-state index < -0.39 is 0 Å². The fourth-order valence-electron chi connectivity index (χ4n) is 3.36. The zero-order valence-electron chi connectivity index (χ0n) is 15.3. The van der Waals surface area contributed by atoms with E-state index in [1.807, 2.05) is 73.5 Å². The quantitative estimate of drug-likeness (QED) is 0.666. The minimum Gasteiger partial charge on any atom is -0.494 e. The summed E-state index contributed by atoms with van der Waals surface area (Å²) in [6, 6.07) is 17.7. The highest BCUT2D eigenvalue weighted by atomic mass is 32.1. The first-order chi connectivity index (χ1) is 13.2. The highest BCUT2D eigenvalue weighted by Gasteiger charge is 2.39. The molecule has 3 aromatic rings. The molecular weight excluding hydrogens is 358 g/mol. The number of likely N-dealkylation sites (N-methyl/N-ethyl adjacent to an activating group) is 1. The van der Waals surface area contributed by atoms with Crippen LogP contribution in [0.5, 0.6) is 5.75 Å². The van der Waals surface area contributed by atoms with Crippen LogP contribution in [-0.4, -0.2) is 28.7 Å². The molecule has 0 amide bonds. The van der Waals surface area contributed by atoms with Crippen LogP contribution in [0.2, 0.25) is 0 Å². The first-order valence-corrected chi connectivity index (χ1v) is 9.35. The monoisotopic (exact) mass is 379 g/mol. The zero-order valence-corrected chi connectivity index (χ0v) is 16.1. The van der Waals surface area contributed by atoms with Crippen molar-refractivity contribution in [3.05, 3.63) is 72.2 Å². The van der Waals surface area contributed by atoms with E-state index in [9.17, 15) is 0 Å². The Morgan fingerprint density at radius 1 is 1.15 bits per heavy atom. The summed E-state index contributed by atoms with van der Waals surface area (Å²) in [5.74, 6) is 2.52. The minimum atomic E-state index is -0.0527. The van der Waals surface area contributed by atoms with Crippen molar-refractivity contribution in [2.45, 2.75) is 19.0 Å². The van der Waals surface area contributed by atoms with Crippen LogP contribution in [0.1, 0.15) is 30.5 Å². The van der Waals surface area contributed by atoms with Crippen molar-refractivity contribution in [2.75, 3.05) is 13.7 Å². The Kier molecular flexibility index (Phi) is 4.81. The summed E-state index contributed by atoms with van der Waals surface area (Å²) in [4.78, 5) is 6.52. The topological polar surface area (TPSA) is 50.5 Å². The fourth-order valence-corrected chi connectivity index (χ4v) is 3.60. The molecule has 1 aliphatic heterocycles. The molecule has 0 unspecified atom stereocenters. The Labute approximate surface area is 164 Å². The van der Waals surface area contributed by atoms with Gasteiger partial charge in [-0.2, -0.15) is 0 Å². The largest absolute Gasteiger partial charge is 0.494 e. The van der Waals surface area contributed by atoms with Crippen LogP contribution in [-0.2, 0) is 0 Å². The van der Waals surface area contributed by atoms with Crippen LogP contribution in [0.15, 0.2) is 65.2 Å².